The summed E-state index contributed by atoms with van der Waals surface area (Å²) >= 11 is 0. The van der Waals surface area contributed by atoms with Gasteiger partial charge in [0.2, 0.25) is 11.8 Å². The summed E-state index contributed by atoms with van der Waals surface area (Å²) in [6.45, 7) is 4.87. The fraction of sp³-hybridized carbons (Fsp3) is 0.577. The molecular weight excluding hydrogens is 473 g/mol. The minimum absolute atomic E-state index is 0.0903. The van der Waals surface area contributed by atoms with Crippen LogP contribution < -0.4 is 5.32 Å². The van der Waals surface area contributed by atoms with E-state index in [-0.39, 0.29) is 36.6 Å². The van der Waals surface area contributed by atoms with Gasteiger partial charge in [-0.1, -0.05) is 13.0 Å². The largest absolute Gasteiger partial charge is 0.374 e. The molecule has 196 valence electrons. The zero-order valence-electron chi connectivity index (χ0n) is 20.9. The second-order valence-electron chi connectivity index (χ2n) is 9.77. The van der Waals surface area contributed by atoms with E-state index in [1.54, 1.807) is 24.8 Å². The second kappa shape index (κ2) is 10.6. The van der Waals surface area contributed by atoms with Crippen LogP contribution in [0.5, 0.6) is 0 Å². The topological polar surface area (TPSA) is 76.5 Å². The molecule has 1 aliphatic heterocycles. The number of halogens is 3. The van der Waals surface area contributed by atoms with Crippen LogP contribution in [0.15, 0.2) is 24.3 Å². The Labute approximate surface area is 209 Å². The van der Waals surface area contributed by atoms with Crippen LogP contribution in [0.4, 0.5) is 13.2 Å². The second-order valence-corrected chi connectivity index (χ2v) is 9.77. The van der Waals surface area contributed by atoms with Gasteiger partial charge >= 0.3 is 0 Å². The number of hydrogen-bond donors (Lipinski definition) is 1. The molecule has 10 heteroatoms. The highest BCUT2D eigenvalue weighted by Gasteiger charge is 2.40. The summed E-state index contributed by atoms with van der Waals surface area (Å²) in [6, 6.07) is 5.40. The van der Waals surface area contributed by atoms with E-state index >= 15 is 0 Å². The van der Waals surface area contributed by atoms with Crippen molar-refractivity contribution in [1.29, 1.82) is 0 Å². The molecule has 2 aliphatic rings. The van der Waals surface area contributed by atoms with Crippen molar-refractivity contribution < 1.29 is 27.5 Å². The molecule has 1 aromatic carbocycles. The van der Waals surface area contributed by atoms with E-state index < -0.39 is 23.9 Å². The van der Waals surface area contributed by atoms with Crippen LogP contribution in [-0.4, -0.2) is 52.3 Å². The Hall–Kier alpha value is -2.88. The molecule has 0 radical (unpaired) electrons. The average molecular weight is 507 g/mol. The fourth-order valence-electron chi connectivity index (χ4n) is 4.78. The Bertz CT molecular complexity index is 1090. The monoisotopic (exact) mass is 506 g/mol. The van der Waals surface area contributed by atoms with Crippen molar-refractivity contribution in [3.8, 4) is 0 Å². The van der Waals surface area contributed by atoms with Crippen molar-refractivity contribution in [3.05, 3.63) is 52.6 Å². The first-order chi connectivity index (χ1) is 17.1. The van der Waals surface area contributed by atoms with Crippen molar-refractivity contribution in [2.24, 2.45) is 0 Å². The molecule has 2 aromatic rings. The van der Waals surface area contributed by atoms with E-state index in [2.05, 4.69) is 10.4 Å². The highest BCUT2D eigenvalue weighted by atomic mass is 19.3. The van der Waals surface area contributed by atoms with E-state index in [1.807, 2.05) is 0 Å². The first-order valence-corrected chi connectivity index (χ1v) is 12.5. The van der Waals surface area contributed by atoms with Gasteiger partial charge in [0.1, 0.15) is 18.1 Å². The van der Waals surface area contributed by atoms with Crippen LogP contribution in [0.1, 0.15) is 74.0 Å². The lowest BCUT2D eigenvalue weighted by Crippen LogP contribution is -2.37. The summed E-state index contributed by atoms with van der Waals surface area (Å²) in [5.41, 5.74) is 1.59. The lowest BCUT2D eigenvalue weighted by molar-refractivity contribution is -0.134. The van der Waals surface area contributed by atoms with Gasteiger partial charge in [-0.05, 0) is 55.5 Å². The maximum atomic E-state index is 14.3. The third kappa shape index (κ3) is 6.08. The van der Waals surface area contributed by atoms with Crippen molar-refractivity contribution in [2.45, 2.75) is 77.0 Å². The zero-order chi connectivity index (χ0) is 26.0. The first-order valence-electron chi connectivity index (χ1n) is 12.5. The Morgan fingerprint density at radius 3 is 2.58 bits per heavy atom. The number of benzene rings is 1. The number of amides is 2. The molecule has 0 bridgehead atoms. The first kappa shape index (κ1) is 26.2. The molecule has 1 aromatic heterocycles. The highest BCUT2D eigenvalue weighted by Crippen LogP contribution is 2.41. The normalized spacial score (nSPS) is 20.1. The lowest BCUT2D eigenvalue weighted by atomic mass is 9.99. The van der Waals surface area contributed by atoms with Crippen molar-refractivity contribution in [2.75, 3.05) is 19.7 Å². The maximum Gasteiger partial charge on any atom is 0.286 e. The highest BCUT2D eigenvalue weighted by molar-refractivity contribution is 5.77. The van der Waals surface area contributed by atoms with Gasteiger partial charge in [0.05, 0.1) is 24.4 Å². The van der Waals surface area contributed by atoms with Gasteiger partial charge in [-0.2, -0.15) is 13.9 Å². The summed E-state index contributed by atoms with van der Waals surface area (Å²) in [6.07, 6.45) is 2.25. The minimum Gasteiger partial charge on any atom is -0.374 e. The Morgan fingerprint density at radius 2 is 1.94 bits per heavy atom. The van der Waals surface area contributed by atoms with Crippen LogP contribution in [0, 0.1) is 12.7 Å². The van der Waals surface area contributed by atoms with Crippen LogP contribution in [0.2, 0.25) is 0 Å². The minimum atomic E-state index is -3.14. The van der Waals surface area contributed by atoms with Crippen molar-refractivity contribution in [3.63, 3.8) is 0 Å². The molecular formula is C26H33F3N4O3. The van der Waals surface area contributed by atoms with Gasteiger partial charge in [-0.15, -0.1) is 0 Å². The molecule has 2 fully saturated rings. The smallest absolute Gasteiger partial charge is 0.286 e. The molecule has 2 heterocycles. The molecule has 1 N–H and O–H groups in total. The van der Waals surface area contributed by atoms with Gasteiger partial charge < -0.3 is 15.0 Å². The van der Waals surface area contributed by atoms with Crippen LogP contribution in [-0.2, 0) is 26.8 Å². The standard InChI is InChI=1S/C26H33F3N4O3/c1-4-23(34)30-8-10-36-21-7-9-32(25(21)18-11-16(2)12-19(27)13-18)24(35)15-33-22(26(3,28)29)14-20(31-33)17-5-6-17/h11-14,17,21,25H,4-10,15H2,1-3H3,(H,30,34)/t21-,25-/m1/s1. The number of carbonyl (C=O) groups excluding carboxylic acids is 2. The summed E-state index contributed by atoms with van der Waals surface area (Å²) in [5, 5.41) is 7.08. The van der Waals surface area contributed by atoms with E-state index in [9.17, 15) is 22.8 Å². The number of likely N-dealkylation sites (tertiary alicyclic amines) is 1. The molecule has 7 nitrogen and oxygen atoms in total. The maximum absolute atomic E-state index is 14.3. The average Bonchev–Trinajstić information content (AvgIpc) is 3.41. The van der Waals surface area contributed by atoms with Gasteiger partial charge in [0.15, 0.2) is 0 Å². The summed E-state index contributed by atoms with van der Waals surface area (Å²) in [4.78, 5) is 26.5. The van der Waals surface area contributed by atoms with Crippen LogP contribution in [0.25, 0.3) is 0 Å². The molecule has 2 amide bonds. The molecule has 0 spiro atoms. The van der Waals surface area contributed by atoms with Crippen molar-refractivity contribution >= 4 is 11.8 Å². The summed E-state index contributed by atoms with van der Waals surface area (Å²) in [7, 11) is 0. The number of ether oxygens (including phenoxy) is 1. The van der Waals surface area contributed by atoms with Crippen LogP contribution >= 0.6 is 0 Å². The number of alkyl halides is 2. The number of carbonyl (C=O) groups is 2. The number of rotatable bonds is 10. The lowest BCUT2D eigenvalue weighted by Gasteiger charge is -2.29. The predicted molar refractivity (Wildman–Crippen MR) is 127 cm³/mol. The van der Waals surface area contributed by atoms with Crippen LogP contribution in [0.3, 0.4) is 0 Å². The van der Waals surface area contributed by atoms with E-state index in [1.165, 1.54) is 18.2 Å². The van der Waals surface area contributed by atoms with Crippen molar-refractivity contribution in [1.82, 2.24) is 20.0 Å². The Kier molecular flexibility index (Phi) is 7.73. The molecule has 0 unspecified atom stereocenters. The van der Waals surface area contributed by atoms with E-state index in [0.717, 1.165) is 24.4 Å². The number of nitrogens with zero attached hydrogens (tertiary/aromatic N) is 3. The Morgan fingerprint density at radius 1 is 1.19 bits per heavy atom. The molecule has 1 saturated carbocycles. The van der Waals surface area contributed by atoms with E-state index in [0.29, 0.717) is 42.8 Å². The number of hydrogen-bond acceptors (Lipinski definition) is 4. The Balaban J connectivity index is 1.55. The molecule has 1 saturated heterocycles. The van der Waals surface area contributed by atoms with Gasteiger partial charge in [-0.25, -0.2) is 4.39 Å². The quantitative estimate of drug-likeness (QED) is 0.490. The van der Waals surface area contributed by atoms with Gasteiger partial charge in [0, 0.05) is 32.4 Å². The number of aromatic nitrogens is 2. The fourth-order valence-corrected chi connectivity index (χ4v) is 4.78. The number of aryl methyl sites for hydroxylation is 1. The third-order valence-electron chi connectivity index (χ3n) is 6.68. The molecule has 4 rings (SSSR count). The number of nitrogens with one attached hydrogen (secondary N) is 1. The third-order valence-corrected chi connectivity index (χ3v) is 6.68. The van der Waals surface area contributed by atoms with Gasteiger partial charge in [0.25, 0.3) is 5.92 Å². The predicted octanol–water partition coefficient (Wildman–Crippen LogP) is 4.20. The molecule has 36 heavy (non-hydrogen) atoms. The molecule has 2 atom stereocenters. The SMILES string of the molecule is CCC(=O)NCCO[C@@H]1CCN(C(=O)Cn2nc(C3CC3)cc2C(C)(F)F)[C@@H]1c1cc(C)cc(F)c1. The van der Waals surface area contributed by atoms with Gasteiger partial charge in [-0.3, -0.25) is 14.3 Å². The zero-order valence-corrected chi connectivity index (χ0v) is 20.9. The van der Waals surface area contributed by atoms with E-state index in [4.69, 9.17) is 4.74 Å². The summed E-state index contributed by atoms with van der Waals surface area (Å²) < 4.78 is 50.1. The summed E-state index contributed by atoms with van der Waals surface area (Å²) in [5.74, 6) is -3.87. The molecule has 1 aliphatic carbocycles.